The minimum absolute atomic E-state index is 0.0000926. The first kappa shape index (κ1) is 12.8. The highest BCUT2D eigenvalue weighted by atomic mass is 16.1. The first-order valence-corrected chi connectivity index (χ1v) is 5.95. The summed E-state index contributed by atoms with van der Waals surface area (Å²) in [5.74, 6) is 0.458. The van der Waals surface area contributed by atoms with Gasteiger partial charge in [0.15, 0.2) is 0 Å². The van der Waals surface area contributed by atoms with E-state index in [-0.39, 0.29) is 12.1 Å². The summed E-state index contributed by atoms with van der Waals surface area (Å²) < 4.78 is 0. The number of hydrogen-bond acceptors (Lipinski definition) is 4. The first-order chi connectivity index (χ1) is 7.81. The fourth-order valence-electron chi connectivity index (χ4n) is 2.41. The van der Waals surface area contributed by atoms with Crippen molar-refractivity contribution in [2.75, 3.05) is 0 Å². The Balaban J connectivity index is 2.59. The summed E-state index contributed by atoms with van der Waals surface area (Å²) in [6.45, 7) is 2.15. The molecule has 3 unspecified atom stereocenters. The fraction of sp³-hybridized carbons (Fsp3) is 0.833. The standard InChI is InChI=1S/C12H18N2O2/c1-2-3-4-10-5-6-11(13-8-15)7-12(10)14-9-16/h10-12H,2-7H2,1H3. The van der Waals surface area contributed by atoms with Crippen LogP contribution in [0.25, 0.3) is 0 Å². The third kappa shape index (κ3) is 3.73. The summed E-state index contributed by atoms with van der Waals surface area (Å²) >= 11 is 0. The quantitative estimate of drug-likeness (QED) is 0.529. The van der Waals surface area contributed by atoms with E-state index in [9.17, 15) is 9.59 Å². The number of carbonyl (C=O) groups excluding carboxylic acids is 2. The lowest BCUT2D eigenvalue weighted by atomic mass is 9.79. The second-order valence-electron chi connectivity index (χ2n) is 4.38. The van der Waals surface area contributed by atoms with Gasteiger partial charge in [0.05, 0.1) is 12.1 Å². The van der Waals surface area contributed by atoms with Gasteiger partial charge in [-0.1, -0.05) is 19.8 Å². The molecular formula is C12H18N2O2. The SMILES string of the molecule is CCCCC1CCC(N=C=O)CC1N=C=O. The number of rotatable bonds is 5. The fourth-order valence-corrected chi connectivity index (χ4v) is 2.41. The maximum absolute atomic E-state index is 10.4. The van der Waals surface area contributed by atoms with Crippen LogP contribution < -0.4 is 0 Å². The average molecular weight is 222 g/mol. The van der Waals surface area contributed by atoms with Gasteiger partial charge in [-0.25, -0.2) is 19.6 Å². The van der Waals surface area contributed by atoms with Crippen molar-refractivity contribution < 1.29 is 9.59 Å². The van der Waals surface area contributed by atoms with E-state index in [1.54, 1.807) is 12.2 Å². The van der Waals surface area contributed by atoms with Gasteiger partial charge in [0.2, 0.25) is 12.2 Å². The van der Waals surface area contributed by atoms with Gasteiger partial charge in [-0.05, 0) is 31.6 Å². The third-order valence-electron chi connectivity index (χ3n) is 3.31. The van der Waals surface area contributed by atoms with Crippen molar-refractivity contribution in [2.45, 2.75) is 57.5 Å². The van der Waals surface area contributed by atoms with E-state index >= 15 is 0 Å². The van der Waals surface area contributed by atoms with E-state index in [2.05, 4.69) is 16.9 Å². The Morgan fingerprint density at radius 2 is 1.94 bits per heavy atom. The molecule has 0 spiro atoms. The van der Waals surface area contributed by atoms with Crippen molar-refractivity contribution in [1.29, 1.82) is 0 Å². The highest BCUT2D eigenvalue weighted by molar-refractivity contribution is 5.35. The number of hydrogen-bond donors (Lipinski definition) is 0. The van der Waals surface area contributed by atoms with Crippen molar-refractivity contribution in [3.05, 3.63) is 0 Å². The van der Waals surface area contributed by atoms with Gasteiger partial charge < -0.3 is 0 Å². The number of aliphatic imine (C=N–C) groups is 2. The molecule has 0 heterocycles. The Hall–Kier alpha value is -1.24. The van der Waals surface area contributed by atoms with E-state index in [0.29, 0.717) is 12.3 Å². The van der Waals surface area contributed by atoms with Crippen LogP contribution in [0, 0.1) is 5.92 Å². The normalized spacial score (nSPS) is 28.9. The first-order valence-electron chi connectivity index (χ1n) is 5.95. The van der Waals surface area contributed by atoms with Crippen molar-refractivity contribution >= 4 is 12.2 Å². The monoisotopic (exact) mass is 222 g/mol. The van der Waals surface area contributed by atoms with Crippen molar-refractivity contribution in [3.8, 4) is 0 Å². The molecule has 3 atom stereocenters. The Bertz CT molecular complexity index is 304. The number of nitrogens with zero attached hydrogens (tertiary/aromatic N) is 2. The van der Waals surface area contributed by atoms with Crippen LogP contribution in [0.3, 0.4) is 0 Å². The highest BCUT2D eigenvalue weighted by Crippen LogP contribution is 2.32. The van der Waals surface area contributed by atoms with Crippen molar-refractivity contribution in [3.63, 3.8) is 0 Å². The zero-order valence-corrected chi connectivity index (χ0v) is 9.69. The van der Waals surface area contributed by atoms with Crippen molar-refractivity contribution in [2.24, 2.45) is 15.9 Å². The van der Waals surface area contributed by atoms with Crippen LogP contribution in [0.4, 0.5) is 0 Å². The minimum atomic E-state index is -0.00234. The van der Waals surface area contributed by atoms with E-state index < -0.39 is 0 Å². The Morgan fingerprint density at radius 1 is 1.19 bits per heavy atom. The summed E-state index contributed by atoms with van der Waals surface area (Å²) in [4.78, 5) is 28.1. The van der Waals surface area contributed by atoms with Gasteiger partial charge in [-0.15, -0.1) is 0 Å². The molecule has 1 saturated carbocycles. The molecule has 0 bridgehead atoms. The van der Waals surface area contributed by atoms with Crippen LogP contribution in [-0.2, 0) is 9.59 Å². The van der Waals surface area contributed by atoms with Crippen LogP contribution in [0.1, 0.15) is 45.4 Å². The van der Waals surface area contributed by atoms with E-state index in [1.165, 1.54) is 0 Å². The topological polar surface area (TPSA) is 58.9 Å². The summed E-state index contributed by atoms with van der Waals surface area (Å²) in [6.07, 6.45) is 9.25. The van der Waals surface area contributed by atoms with Gasteiger partial charge in [-0.3, -0.25) is 0 Å². The highest BCUT2D eigenvalue weighted by Gasteiger charge is 2.29. The molecule has 1 aliphatic rings. The molecule has 0 radical (unpaired) electrons. The van der Waals surface area contributed by atoms with Gasteiger partial charge in [0.25, 0.3) is 0 Å². The Kier molecular flexibility index (Phi) is 5.69. The average Bonchev–Trinajstić information content (AvgIpc) is 2.29. The number of unbranched alkanes of at least 4 members (excludes halogenated alkanes) is 1. The predicted molar refractivity (Wildman–Crippen MR) is 60.7 cm³/mol. The molecule has 1 rings (SSSR count). The molecule has 88 valence electrons. The summed E-state index contributed by atoms with van der Waals surface area (Å²) in [5, 5.41) is 0. The molecule has 0 aromatic carbocycles. The largest absolute Gasteiger partial charge is 0.235 e. The molecule has 4 nitrogen and oxygen atoms in total. The van der Waals surface area contributed by atoms with Crippen LogP contribution in [0.5, 0.6) is 0 Å². The zero-order chi connectivity index (χ0) is 11.8. The Labute approximate surface area is 95.9 Å². The Morgan fingerprint density at radius 3 is 2.56 bits per heavy atom. The lowest BCUT2D eigenvalue weighted by Crippen LogP contribution is -2.30. The zero-order valence-electron chi connectivity index (χ0n) is 9.69. The molecular weight excluding hydrogens is 204 g/mol. The molecule has 16 heavy (non-hydrogen) atoms. The molecule has 0 saturated heterocycles. The maximum Gasteiger partial charge on any atom is 0.235 e. The van der Waals surface area contributed by atoms with Crippen molar-refractivity contribution in [1.82, 2.24) is 0 Å². The summed E-state index contributed by atoms with van der Waals surface area (Å²) in [5.41, 5.74) is 0. The molecule has 0 aliphatic heterocycles. The van der Waals surface area contributed by atoms with Gasteiger partial charge >= 0.3 is 0 Å². The maximum atomic E-state index is 10.4. The molecule has 0 N–H and O–H groups in total. The predicted octanol–water partition coefficient (Wildman–Crippen LogP) is 2.39. The third-order valence-corrected chi connectivity index (χ3v) is 3.31. The van der Waals surface area contributed by atoms with Gasteiger partial charge in [-0.2, -0.15) is 0 Å². The van der Waals surface area contributed by atoms with Crippen LogP contribution in [0.2, 0.25) is 0 Å². The van der Waals surface area contributed by atoms with Crippen LogP contribution in [-0.4, -0.2) is 24.2 Å². The molecule has 0 aromatic heterocycles. The van der Waals surface area contributed by atoms with E-state index in [0.717, 1.165) is 32.1 Å². The molecule has 4 heteroatoms. The number of isocyanates is 2. The minimum Gasteiger partial charge on any atom is -0.211 e. The lowest BCUT2D eigenvalue weighted by molar-refractivity contribution is 0.265. The van der Waals surface area contributed by atoms with Gasteiger partial charge in [0, 0.05) is 0 Å². The lowest BCUT2D eigenvalue weighted by Gasteiger charge is -2.30. The second kappa shape index (κ2) is 7.10. The van der Waals surface area contributed by atoms with Crippen LogP contribution >= 0.6 is 0 Å². The smallest absolute Gasteiger partial charge is 0.211 e. The van der Waals surface area contributed by atoms with Gasteiger partial charge in [0.1, 0.15) is 0 Å². The van der Waals surface area contributed by atoms with E-state index in [4.69, 9.17) is 0 Å². The summed E-state index contributed by atoms with van der Waals surface area (Å²) in [7, 11) is 0. The molecule has 1 fully saturated rings. The molecule has 0 aromatic rings. The molecule has 1 aliphatic carbocycles. The van der Waals surface area contributed by atoms with E-state index in [1.807, 2.05) is 0 Å². The van der Waals surface area contributed by atoms with Crippen LogP contribution in [0.15, 0.2) is 9.98 Å². The molecule has 0 amide bonds. The second-order valence-corrected chi connectivity index (χ2v) is 4.38. The summed E-state index contributed by atoms with van der Waals surface area (Å²) in [6, 6.07) is -0.00243.